The Balaban J connectivity index is 2.11. The van der Waals surface area contributed by atoms with Crippen LogP contribution in [-0.2, 0) is 14.3 Å². The second-order valence-electron chi connectivity index (χ2n) is 4.29. The maximum atomic E-state index is 11.3. The molecule has 2 unspecified atom stereocenters. The largest absolute Gasteiger partial charge is 0.378 e. The monoisotopic (exact) mass is 215 g/mol. The van der Waals surface area contributed by atoms with Crippen LogP contribution in [0.15, 0.2) is 0 Å². The average Bonchev–Trinajstić information content (AvgIpc) is 2.58. The van der Waals surface area contributed by atoms with Gasteiger partial charge >= 0.3 is 0 Å². The van der Waals surface area contributed by atoms with Crippen LogP contribution in [0.2, 0.25) is 0 Å². The number of carbonyl (C=O) groups excluding carboxylic acids is 1. The van der Waals surface area contributed by atoms with Gasteiger partial charge in [0.25, 0.3) is 0 Å². The summed E-state index contributed by atoms with van der Waals surface area (Å²) >= 11 is 0. The van der Waals surface area contributed by atoms with Crippen molar-refractivity contribution < 1.29 is 14.3 Å². The number of hydrogen-bond acceptors (Lipinski definition) is 3. The Kier molecular flexibility index (Phi) is 5.05. The summed E-state index contributed by atoms with van der Waals surface area (Å²) < 4.78 is 10.6. The van der Waals surface area contributed by atoms with Gasteiger partial charge in [-0.1, -0.05) is 0 Å². The third-order valence-corrected chi connectivity index (χ3v) is 2.64. The number of nitrogens with one attached hydrogen (secondary N) is 1. The van der Waals surface area contributed by atoms with Gasteiger partial charge in [-0.15, -0.1) is 0 Å². The molecule has 1 aliphatic heterocycles. The molecule has 1 rings (SSSR count). The lowest BCUT2D eigenvalue weighted by molar-refractivity contribution is -0.127. The Morgan fingerprint density at radius 3 is 2.87 bits per heavy atom. The number of carbonyl (C=O) groups is 1. The van der Waals surface area contributed by atoms with Gasteiger partial charge < -0.3 is 14.8 Å². The molecule has 88 valence electrons. The third kappa shape index (κ3) is 4.62. The first kappa shape index (κ1) is 12.5. The van der Waals surface area contributed by atoms with Crippen molar-refractivity contribution in [2.45, 2.75) is 39.4 Å². The maximum absolute atomic E-state index is 11.3. The van der Waals surface area contributed by atoms with Crippen molar-refractivity contribution in [1.29, 1.82) is 0 Å². The van der Waals surface area contributed by atoms with Crippen LogP contribution >= 0.6 is 0 Å². The van der Waals surface area contributed by atoms with Crippen LogP contribution in [0.5, 0.6) is 0 Å². The zero-order valence-corrected chi connectivity index (χ0v) is 9.79. The Labute approximate surface area is 91.3 Å². The summed E-state index contributed by atoms with van der Waals surface area (Å²) in [7, 11) is 0. The first-order chi connectivity index (χ1) is 7.09. The molecule has 1 fully saturated rings. The first-order valence-electron chi connectivity index (χ1n) is 5.59. The Hall–Kier alpha value is -0.610. The number of rotatable bonds is 5. The SMILES string of the molecule is CC(C)OCC(=O)NCC1CCOC1C. The Bertz CT molecular complexity index is 206. The molecule has 0 aromatic rings. The molecule has 2 atom stereocenters. The van der Waals surface area contributed by atoms with E-state index < -0.39 is 0 Å². The maximum Gasteiger partial charge on any atom is 0.246 e. The highest BCUT2D eigenvalue weighted by molar-refractivity contribution is 5.77. The molecule has 0 saturated carbocycles. The van der Waals surface area contributed by atoms with Crippen LogP contribution < -0.4 is 5.32 Å². The smallest absolute Gasteiger partial charge is 0.246 e. The second kappa shape index (κ2) is 6.08. The zero-order chi connectivity index (χ0) is 11.3. The van der Waals surface area contributed by atoms with Crippen molar-refractivity contribution >= 4 is 5.91 Å². The van der Waals surface area contributed by atoms with Crippen molar-refractivity contribution in [3.63, 3.8) is 0 Å². The van der Waals surface area contributed by atoms with E-state index in [0.717, 1.165) is 13.0 Å². The summed E-state index contributed by atoms with van der Waals surface area (Å²) in [6.45, 7) is 7.54. The Morgan fingerprint density at radius 2 is 2.33 bits per heavy atom. The van der Waals surface area contributed by atoms with Gasteiger partial charge in [0.05, 0.1) is 12.2 Å². The molecule has 0 aliphatic carbocycles. The topological polar surface area (TPSA) is 47.6 Å². The van der Waals surface area contributed by atoms with Gasteiger partial charge in [-0.3, -0.25) is 4.79 Å². The van der Waals surface area contributed by atoms with E-state index in [-0.39, 0.29) is 24.7 Å². The van der Waals surface area contributed by atoms with E-state index in [9.17, 15) is 4.79 Å². The lowest BCUT2D eigenvalue weighted by Gasteiger charge is -2.15. The molecule has 1 N–H and O–H groups in total. The van der Waals surface area contributed by atoms with Gasteiger partial charge in [-0.05, 0) is 27.2 Å². The predicted molar refractivity (Wildman–Crippen MR) is 57.6 cm³/mol. The van der Waals surface area contributed by atoms with E-state index in [1.54, 1.807) is 0 Å². The number of hydrogen-bond donors (Lipinski definition) is 1. The predicted octanol–water partition coefficient (Wildman–Crippen LogP) is 0.953. The third-order valence-electron chi connectivity index (χ3n) is 2.64. The highest BCUT2D eigenvalue weighted by atomic mass is 16.5. The van der Waals surface area contributed by atoms with Crippen LogP contribution in [0.3, 0.4) is 0 Å². The average molecular weight is 215 g/mol. The molecule has 0 aromatic heterocycles. The van der Waals surface area contributed by atoms with Crippen LogP contribution in [0, 0.1) is 5.92 Å². The highest BCUT2D eigenvalue weighted by Gasteiger charge is 2.24. The van der Waals surface area contributed by atoms with Gasteiger partial charge in [0, 0.05) is 19.1 Å². The minimum Gasteiger partial charge on any atom is -0.378 e. The minimum atomic E-state index is -0.0391. The van der Waals surface area contributed by atoms with Crippen molar-refractivity contribution in [3.8, 4) is 0 Å². The van der Waals surface area contributed by atoms with Crippen LogP contribution in [0.4, 0.5) is 0 Å². The molecule has 1 aliphatic rings. The minimum absolute atomic E-state index is 0.0391. The molecule has 0 radical (unpaired) electrons. The van der Waals surface area contributed by atoms with Crippen molar-refractivity contribution in [2.75, 3.05) is 19.8 Å². The Morgan fingerprint density at radius 1 is 1.60 bits per heavy atom. The number of amides is 1. The molecule has 15 heavy (non-hydrogen) atoms. The van der Waals surface area contributed by atoms with Crippen LogP contribution in [0.25, 0.3) is 0 Å². The fourth-order valence-electron chi connectivity index (χ4n) is 1.58. The van der Waals surface area contributed by atoms with Gasteiger partial charge in [0.15, 0.2) is 0 Å². The zero-order valence-electron chi connectivity index (χ0n) is 9.79. The lowest BCUT2D eigenvalue weighted by atomic mass is 10.0. The van der Waals surface area contributed by atoms with E-state index >= 15 is 0 Å². The summed E-state index contributed by atoms with van der Waals surface area (Å²) in [4.78, 5) is 11.3. The normalized spacial score (nSPS) is 25.9. The van der Waals surface area contributed by atoms with Crippen molar-refractivity contribution in [3.05, 3.63) is 0 Å². The van der Waals surface area contributed by atoms with Gasteiger partial charge in [0.2, 0.25) is 5.91 Å². The van der Waals surface area contributed by atoms with Crippen LogP contribution in [-0.4, -0.2) is 37.9 Å². The van der Waals surface area contributed by atoms with Gasteiger partial charge in [-0.25, -0.2) is 0 Å². The van der Waals surface area contributed by atoms with Crippen molar-refractivity contribution in [1.82, 2.24) is 5.32 Å². The standard InChI is InChI=1S/C11H21NO3/c1-8(2)15-7-11(13)12-6-10-4-5-14-9(10)3/h8-10H,4-7H2,1-3H3,(H,12,13). The van der Waals surface area contributed by atoms with Gasteiger partial charge in [-0.2, -0.15) is 0 Å². The second-order valence-corrected chi connectivity index (χ2v) is 4.29. The highest BCUT2D eigenvalue weighted by Crippen LogP contribution is 2.19. The fraction of sp³-hybridized carbons (Fsp3) is 0.909. The summed E-state index contributed by atoms with van der Waals surface area (Å²) in [5.74, 6) is 0.413. The van der Waals surface area contributed by atoms with E-state index in [2.05, 4.69) is 12.2 Å². The summed E-state index contributed by atoms with van der Waals surface area (Å²) in [5.41, 5.74) is 0. The molecule has 1 saturated heterocycles. The molecular weight excluding hydrogens is 194 g/mol. The van der Waals surface area contributed by atoms with E-state index in [0.29, 0.717) is 12.5 Å². The first-order valence-corrected chi connectivity index (χ1v) is 5.59. The summed E-state index contributed by atoms with van der Waals surface area (Å²) in [6.07, 6.45) is 1.40. The lowest BCUT2D eigenvalue weighted by Crippen LogP contribution is -2.34. The quantitative estimate of drug-likeness (QED) is 0.743. The summed E-state index contributed by atoms with van der Waals surface area (Å²) in [6, 6.07) is 0. The molecule has 1 amide bonds. The van der Waals surface area contributed by atoms with E-state index in [1.807, 2.05) is 13.8 Å². The summed E-state index contributed by atoms with van der Waals surface area (Å²) in [5, 5.41) is 2.87. The van der Waals surface area contributed by atoms with Crippen LogP contribution in [0.1, 0.15) is 27.2 Å². The van der Waals surface area contributed by atoms with Gasteiger partial charge in [0.1, 0.15) is 6.61 Å². The molecule has 4 heteroatoms. The molecule has 0 aromatic carbocycles. The molecule has 0 bridgehead atoms. The van der Waals surface area contributed by atoms with E-state index in [1.165, 1.54) is 0 Å². The van der Waals surface area contributed by atoms with E-state index in [4.69, 9.17) is 9.47 Å². The molecule has 4 nitrogen and oxygen atoms in total. The van der Waals surface area contributed by atoms with Crippen molar-refractivity contribution in [2.24, 2.45) is 5.92 Å². The fourth-order valence-corrected chi connectivity index (χ4v) is 1.58. The molecule has 1 heterocycles. The number of ether oxygens (including phenoxy) is 2. The molecule has 0 spiro atoms. The molecular formula is C11H21NO3.